The summed E-state index contributed by atoms with van der Waals surface area (Å²) in [5.74, 6) is -0.466. The fourth-order valence-corrected chi connectivity index (χ4v) is 2.19. The van der Waals surface area contributed by atoms with E-state index in [2.05, 4.69) is 36.8 Å². The largest absolute Gasteiger partial charge is 0.466 e. The number of hydrogen-bond donors (Lipinski definition) is 0. The number of hydrogen-bond acceptors (Lipinski definition) is 3. The number of pyridine rings is 1. The molecule has 17 heavy (non-hydrogen) atoms. The molecule has 0 atom stereocenters. The highest BCUT2D eigenvalue weighted by atomic mass is 79.9. The minimum atomic E-state index is -2.71. The average molecular weight is 373 g/mol. The number of aromatic nitrogens is 1. The lowest BCUT2D eigenvalue weighted by Gasteiger charge is -2.09. The third-order valence-electron chi connectivity index (χ3n) is 1.87. The van der Waals surface area contributed by atoms with Crippen molar-refractivity contribution in [1.29, 1.82) is 0 Å². The lowest BCUT2D eigenvalue weighted by molar-refractivity contribution is -0.142. The number of carbonyl (C=O) groups excluding carboxylic acids is 1. The van der Waals surface area contributed by atoms with Crippen molar-refractivity contribution in [3.8, 4) is 0 Å². The zero-order chi connectivity index (χ0) is 13.0. The van der Waals surface area contributed by atoms with E-state index in [1.54, 1.807) is 6.92 Å². The van der Waals surface area contributed by atoms with Crippen molar-refractivity contribution in [3.63, 3.8) is 0 Å². The van der Waals surface area contributed by atoms with E-state index >= 15 is 0 Å². The maximum absolute atomic E-state index is 12.6. The van der Waals surface area contributed by atoms with Gasteiger partial charge in [-0.05, 0) is 50.4 Å². The molecule has 7 heteroatoms. The van der Waals surface area contributed by atoms with Crippen molar-refractivity contribution in [1.82, 2.24) is 4.98 Å². The molecule has 94 valence electrons. The number of rotatable bonds is 4. The number of halogens is 4. The molecule has 1 aromatic heterocycles. The van der Waals surface area contributed by atoms with Gasteiger partial charge in [0.2, 0.25) is 0 Å². The third-order valence-corrected chi connectivity index (χ3v) is 3.20. The third kappa shape index (κ3) is 3.99. The molecular formula is C10H9Br2F2NO2. The Morgan fingerprint density at radius 2 is 2.18 bits per heavy atom. The predicted octanol–water partition coefficient (Wildman–Crippen LogP) is 3.65. The first-order valence-corrected chi connectivity index (χ1v) is 6.32. The molecule has 0 amide bonds. The first-order valence-electron chi connectivity index (χ1n) is 4.74. The van der Waals surface area contributed by atoms with Gasteiger partial charge in [-0.15, -0.1) is 0 Å². The van der Waals surface area contributed by atoms with E-state index < -0.39 is 18.1 Å². The fraction of sp³-hybridized carbons (Fsp3) is 0.400. The van der Waals surface area contributed by atoms with E-state index in [-0.39, 0.29) is 22.1 Å². The van der Waals surface area contributed by atoms with Gasteiger partial charge in [-0.1, -0.05) is 0 Å². The molecule has 1 rings (SSSR count). The zero-order valence-electron chi connectivity index (χ0n) is 8.84. The molecule has 0 aliphatic rings. The fourth-order valence-electron chi connectivity index (χ4n) is 1.21. The molecule has 0 aliphatic heterocycles. The van der Waals surface area contributed by atoms with Gasteiger partial charge in [0.05, 0.1) is 13.0 Å². The molecule has 0 fully saturated rings. The van der Waals surface area contributed by atoms with Crippen molar-refractivity contribution in [2.24, 2.45) is 0 Å². The van der Waals surface area contributed by atoms with Crippen LogP contribution in [0.5, 0.6) is 0 Å². The summed E-state index contributed by atoms with van der Waals surface area (Å²) in [5, 5.41) is 0. The summed E-state index contributed by atoms with van der Waals surface area (Å²) >= 11 is 6.05. The van der Waals surface area contributed by atoms with E-state index in [4.69, 9.17) is 4.74 Å². The minimum Gasteiger partial charge on any atom is -0.466 e. The molecule has 0 unspecified atom stereocenters. The van der Waals surface area contributed by atoms with Crippen molar-refractivity contribution in [2.75, 3.05) is 6.61 Å². The molecule has 0 N–H and O–H groups in total. The molecule has 0 spiro atoms. The number of alkyl halides is 2. The van der Waals surface area contributed by atoms with Crippen molar-refractivity contribution >= 4 is 37.8 Å². The van der Waals surface area contributed by atoms with Crippen LogP contribution in [0.1, 0.15) is 24.6 Å². The Morgan fingerprint density at radius 1 is 1.53 bits per heavy atom. The van der Waals surface area contributed by atoms with Gasteiger partial charge >= 0.3 is 5.97 Å². The van der Waals surface area contributed by atoms with Crippen molar-refractivity contribution in [2.45, 2.75) is 19.8 Å². The summed E-state index contributed by atoms with van der Waals surface area (Å²) in [6.07, 6.45) is -2.78. The molecule has 0 aromatic carbocycles. The van der Waals surface area contributed by atoms with Gasteiger partial charge in [-0.2, -0.15) is 0 Å². The molecule has 1 heterocycles. The molecule has 0 saturated heterocycles. The van der Waals surface area contributed by atoms with Crippen LogP contribution in [0.25, 0.3) is 0 Å². The lowest BCUT2D eigenvalue weighted by Crippen LogP contribution is -2.09. The molecule has 1 aromatic rings. The Kier molecular flexibility index (Phi) is 5.45. The maximum Gasteiger partial charge on any atom is 0.310 e. The SMILES string of the molecule is CCOC(=O)Cc1cc(Br)nc(C(F)F)c1Br. The zero-order valence-corrected chi connectivity index (χ0v) is 12.0. The summed E-state index contributed by atoms with van der Waals surface area (Å²) in [4.78, 5) is 14.9. The first-order chi connectivity index (χ1) is 7.95. The van der Waals surface area contributed by atoms with Crippen LogP contribution in [0, 0.1) is 0 Å². The summed E-state index contributed by atoms with van der Waals surface area (Å²) in [6.45, 7) is 1.93. The van der Waals surface area contributed by atoms with Gasteiger partial charge in [0.25, 0.3) is 6.43 Å². The Bertz CT molecular complexity index is 427. The van der Waals surface area contributed by atoms with Crippen LogP contribution in [0.4, 0.5) is 8.78 Å². The number of carbonyl (C=O) groups is 1. The molecular weight excluding hydrogens is 364 g/mol. The first kappa shape index (κ1) is 14.5. The lowest BCUT2D eigenvalue weighted by atomic mass is 10.1. The Balaban J connectivity index is 3.03. The number of ether oxygens (including phenoxy) is 1. The highest BCUT2D eigenvalue weighted by Crippen LogP contribution is 2.31. The van der Waals surface area contributed by atoms with Crippen LogP contribution in [0.3, 0.4) is 0 Å². The van der Waals surface area contributed by atoms with Gasteiger partial charge < -0.3 is 4.74 Å². The minimum absolute atomic E-state index is 0.0741. The topological polar surface area (TPSA) is 39.2 Å². The van der Waals surface area contributed by atoms with E-state index in [0.29, 0.717) is 5.56 Å². The molecule has 3 nitrogen and oxygen atoms in total. The second-order valence-electron chi connectivity index (χ2n) is 3.09. The summed E-state index contributed by atoms with van der Waals surface area (Å²) in [7, 11) is 0. The highest BCUT2D eigenvalue weighted by Gasteiger charge is 2.19. The Hall–Kier alpha value is -0.560. The normalized spacial score (nSPS) is 10.7. The van der Waals surface area contributed by atoms with Crippen molar-refractivity contribution < 1.29 is 18.3 Å². The molecule has 0 bridgehead atoms. The van der Waals surface area contributed by atoms with E-state index in [0.717, 1.165) is 0 Å². The van der Waals surface area contributed by atoms with Crippen LogP contribution in [0.2, 0.25) is 0 Å². The predicted molar refractivity (Wildman–Crippen MR) is 64.9 cm³/mol. The van der Waals surface area contributed by atoms with Gasteiger partial charge in [-0.25, -0.2) is 13.8 Å². The van der Waals surface area contributed by atoms with Crippen LogP contribution in [-0.4, -0.2) is 17.6 Å². The summed E-state index contributed by atoms with van der Waals surface area (Å²) < 4.78 is 30.4. The summed E-state index contributed by atoms with van der Waals surface area (Å²) in [6, 6.07) is 1.51. The Morgan fingerprint density at radius 3 is 2.71 bits per heavy atom. The number of esters is 1. The molecule has 0 aliphatic carbocycles. The molecule has 0 radical (unpaired) electrons. The quantitative estimate of drug-likeness (QED) is 0.598. The number of nitrogens with zero attached hydrogens (tertiary/aromatic N) is 1. The van der Waals surface area contributed by atoms with Gasteiger partial charge in [0, 0.05) is 4.47 Å². The average Bonchev–Trinajstić information content (AvgIpc) is 2.22. The van der Waals surface area contributed by atoms with Crippen LogP contribution < -0.4 is 0 Å². The van der Waals surface area contributed by atoms with Gasteiger partial charge in [0.15, 0.2) is 0 Å². The van der Waals surface area contributed by atoms with E-state index in [1.165, 1.54) is 6.07 Å². The van der Waals surface area contributed by atoms with Crippen LogP contribution in [-0.2, 0) is 16.0 Å². The standard InChI is InChI=1S/C10H9Br2F2NO2/c1-2-17-7(16)4-5-3-6(11)15-9(8(5)12)10(13)14/h3,10H,2,4H2,1H3. The second-order valence-corrected chi connectivity index (χ2v) is 4.69. The monoisotopic (exact) mass is 371 g/mol. The van der Waals surface area contributed by atoms with Gasteiger partial charge in [0.1, 0.15) is 10.3 Å². The van der Waals surface area contributed by atoms with E-state index in [1.807, 2.05) is 0 Å². The molecule has 0 saturated carbocycles. The highest BCUT2D eigenvalue weighted by molar-refractivity contribution is 9.11. The maximum atomic E-state index is 12.6. The Labute approximate surface area is 114 Å². The smallest absolute Gasteiger partial charge is 0.310 e. The summed E-state index contributed by atoms with van der Waals surface area (Å²) in [5.41, 5.74) is 0.0271. The van der Waals surface area contributed by atoms with Crippen LogP contribution >= 0.6 is 31.9 Å². The van der Waals surface area contributed by atoms with Crippen LogP contribution in [0.15, 0.2) is 15.1 Å². The van der Waals surface area contributed by atoms with Gasteiger partial charge in [-0.3, -0.25) is 4.79 Å². The van der Waals surface area contributed by atoms with Crippen molar-refractivity contribution in [3.05, 3.63) is 26.4 Å². The van der Waals surface area contributed by atoms with E-state index in [9.17, 15) is 13.6 Å². The second kappa shape index (κ2) is 6.39.